The molecule has 2 aliphatic heterocycles. The van der Waals surface area contributed by atoms with Gasteiger partial charge < -0.3 is 15.0 Å². The van der Waals surface area contributed by atoms with Gasteiger partial charge in [-0.1, -0.05) is 19.8 Å². The molecule has 0 aromatic carbocycles. The van der Waals surface area contributed by atoms with Crippen LogP contribution >= 0.6 is 0 Å². The minimum atomic E-state index is -0.102. The first kappa shape index (κ1) is 24.8. The number of likely N-dealkylation sites (tertiary alicyclic amines) is 1. The molecular formula is C23H40N4O3. The number of carbonyl (C=O) groups is 2. The lowest BCUT2D eigenvalue weighted by Crippen LogP contribution is -2.49. The van der Waals surface area contributed by atoms with Gasteiger partial charge in [0.05, 0.1) is 19.7 Å². The van der Waals surface area contributed by atoms with Gasteiger partial charge in [-0.05, 0) is 31.8 Å². The highest BCUT2D eigenvalue weighted by atomic mass is 16.5. The molecule has 0 aliphatic carbocycles. The number of Topliss-reactive ketones (excluding diaryl/α,β-unsaturated/α-hetero) is 1. The Morgan fingerprint density at radius 3 is 2.33 bits per heavy atom. The lowest BCUT2D eigenvalue weighted by molar-refractivity contribution is -0.125. The van der Waals surface area contributed by atoms with E-state index >= 15 is 0 Å². The van der Waals surface area contributed by atoms with E-state index in [0.717, 1.165) is 58.2 Å². The molecule has 0 saturated carbocycles. The number of hydrogen-bond acceptors (Lipinski definition) is 6. The number of carbonyl (C=O) groups excluding carboxylic acids is 2. The maximum Gasteiger partial charge on any atom is 0.246 e. The van der Waals surface area contributed by atoms with Gasteiger partial charge in [-0.15, -0.1) is 5.92 Å². The van der Waals surface area contributed by atoms with Crippen molar-refractivity contribution in [3.8, 4) is 11.8 Å². The molecule has 7 heteroatoms. The Labute approximate surface area is 182 Å². The van der Waals surface area contributed by atoms with Gasteiger partial charge >= 0.3 is 0 Å². The van der Waals surface area contributed by atoms with Gasteiger partial charge in [0.25, 0.3) is 0 Å². The smallest absolute Gasteiger partial charge is 0.246 e. The number of ketones is 1. The standard InChI is InChI=1S/C23H40N4O3/c1-3-5-6-9-24-23(29)20-30-17-16-25-12-14-27(15-13-25)18-21-7-10-26(11-8-21)19-22(28)4-2/h21H,3-4,7-20H2,1-2H3,(H,24,29). The topological polar surface area (TPSA) is 65.1 Å². The third-order valence-electron chi connectivity index (χ3n) is 5.94. The largest absolute Gasteiger partial charge is 0.370 e. The molecule has 2 saturated heterocycles. The Morgan fingerprint density at radius 2 is 1.67 bits per heavy atom. The van der Waals surface area contributed by atoms with Crippen molar-refractivity contribution in [2.75, 3.05) is 78.7 Å². The zero-order chi connectivity index (χ0) is 21.6. The van der Waals surface area contributed by atoms with Crippen LogP contribution in [0.1, 0.15) is 39.5 Å². The maximum atomic E-state index is 11.6. The number of piperidine rings is 1. The summed E-state index contributed by atoms with van der Waals surface area (Å²) in [5.41, 5.74) is 0. The normalized spacial score (nSPS) is 19.3. The van der Waals surface area contributed by atoms with E-state index in [-0.39, 0.29) is 12.5 Å². The van der Waals surface area contributed by atoms with Crippen LogP contribution in [-0.2, 0) is 14.3 Å². The van der Waals surface area contributed by atoms with Crippen molar-refractivity contribution in [3.05, 3.63) is 0 Å². The van der Waals surface area contributed by atoms with E-state index in [0.29, 0.717) is 31.9 Å². The summed E-state index contributed by atoms with van der Waals surface area (Å²) in [4.78, 5) is 30.6. The number of nitrogens with one attached hydrogen (secondary N) is 1. The van der Waals surface area contributed by atoms with E-state index in [2.05, 4.69) is 31.9 Å². The van der Waals surface area contributed by atoms with Gasteiger partial charge in [-0.25, -0.2) is 0 Å². The second kappa shape index (κ2) is 14.5. The van der Waals surface area contributed by atoms with Gasteiger partial charge in [-0.3, -0.25) is 19.4 Å². The van der Waals surface area contributed by atoms with E-state index < -0.39 is 0 Å². The fourth-order valence-electron chi connectivity index (χ4n) is 3.99. The zero-order valence-corrected chi connectivity index (χ0v) is 19.0. The van der Waals surface area contributed by atoms with E-state index in [1.807, 2.05) is 13.8 Å². The summed E-state index contributed by atoms with van der Waals surface area (Å²) in [7, 11) is 0. The van der Waals surface area contributed by atoms with Gasteiger partial charge in [-0.2, -0.15) is 0 Å². The van der Waals surface area contributed by atoms with Crippen molar-refractivity contribution in [1.29, 1.82) is 0 Å². The molecule has 0 radical (unpaired) electrons. The van der Waals surface area contributed by atoms with Crippen LogP contribution in [0.4, 0.5) is 0 Å². The highest BCUT2D eigenvalue weighted by Crippen LogP contribution is 2.19. The van der Waals surface area contributed by atoms with E-state index in [1.54, 1.807) is 0 Å². The second-order valence-corrected chi connectivity index (χ2v) is 8.29. The van der Waals surface area contributed by atoms with Crippen molar-refractivity contribution >= 4 is 11.7 Å². The number of rotatable bonds is 11. The molecule has 7 nitrogen and oxygen atoms in total. The first-order valence-electron chi connectivity index (χ1n) is 11.6. The van der Waals surface area contributed by atoms with Crippen molar-refractivity contribution < 1.29 is 14.3 Å². The molecule has 2 aliphatic rings. The fraction of sp³-hybridized carbons (Fsp3) is 0.826. The van der Waals surface area contributed by atoms with Crippen LogP contribution in [0.3, 0.4) is 0 Å². The molecule has 1 amide bonds. The quantitative estimate of drug-likeness (QED) is 0.395. The van der Waals surface area contributed by atoms with Crippen molar-refractivity contribution in [2.24, 2.45) is 5.92 Å². The Balaban J connectivity index is 1.49. The minimum Gasteiger partial charge on any atom is -0.370 e. The molecule has 2 rings (SSSR count). The van der Waals surface area contributed by atoms with E-state index in [1.165, 1.54) is 19.4 Å². The van der Waals surface area contributed by atoms with Gasteiger partial charge in [0.1, 0.15) is 12.4 Å². The van der Waals surface area contributed by atoms with Gasteiger partial charge in [0, 0.05) is 52.1 Å². The minimum absolute atomic E-state index is 0.102. The number of piperazine rings is 1. The molecule has 30 heavy (non-hydrogen) atoms. The molecule has 0 bridgehead atoms. The van der Waals surface area contributed by atoms with Crippen molar-refractivity contribution in [2.45, 2.75) is 39.5 Å². The van der Waals surface area contributed by atoms with Crippen molar-refractivity contribution in [1.82, 2.24) is 20.0 Å². The van der Waals surface area contributed by atoms with Crippen LogP contribution in [0.5, 0.6) is 0 Å². The van der Waals surface area contributed by atoms with Crippen LogP contribution < -0.4 is 5.32 Å². The molecule has 2 fully saturated rings. The summed E-state index contributed by atoms with van der Waals surface area (Å²) in [6.07, 6.45) is 3.87. The molecule has 0 aromatic heterocycles. The van der Waals surface area contributed by atoms with Crippen LogP contribution in [0.25, 0.3) is 0 Å². The molecule has 0 unspecified atom stereocenters. The first-order chi connectivity index (χ1) is 14.6. The van der Waals surface area contributed by atoms with Gasteiger partial charge in [0.15, 0.2) is 0 Å². The number of amides is 1. The number of ether oxygens (including phenoxy) is 1. The Hall–Kier alpha value is -1.46. The highest BCUT2D eigenvalue weighted by molar-refractivity contribution is 5.80. The van der Waals surface area contributed by atoms with E-state index in [4.69, 9.17) is 4.74 Å². The Morgan fingerprint density at radius 1 is 0.967 bits per heavy atom. The zero-order valence-electron chi connectivity index (χ0n) is 19.0. The Bertz CT molecular complexity index is 571. The maximum absolute atomic E-state index is 11.6. The Kier molecular flexibility index (Phi) is 12.0. The molecule has 0 aromatic rings. The lowest BCUT2D eigenvalue weighted by atomic mass is 9.95. The molecule has 0 spiro atoms. The predicted octanol–water partition coefficient (Wildman–Crippen LogP) is 0.841. The lowest BCUT2D eigenvalue weighted by Gasteiger charge is -2.38. The van der Waals surface area contributed by atoms with Crippen LogP contribution in [-0.4, -0.2) is 105 Å². The third-order valence-corrected chi connectivity index (χ3v) is 5.94. The van der Waals surface area contributed by atoms with Crippen molar-refractivity contribution in [3.63, 3.8) is 0 Å². The van der Waals surface area contributed by atoms with Crippen LogP contribution in [0, 0.1) is 17.8 Å². The highest BCUT2D eigenvalue weighted by Gasteiger charge is 2.24. The van der Waals surface area contributed by atoms with Crippen LogP contribution in [0.2, 0.25) is 0 Å². The molecule has 1 N–H and O–H groups in total. The monoisotopic (exact) mass is 420 g/mol. The van der Waals surface area contributed by atoms with Crippen LogP contribution in [0.15, 0.2) is 0 Å². The average molecular weight is 421 g/mol. The number of hydrogen-bond donors (Lipinski definition) is 1. The SMILES string of the molecule is CCC#CCNC(=O)COCCN1CCN(CC2CCN(CC(=O)CC)CC2)CC1. The number of nitrogens with zero attached hydrogens (tertiary/aromatic N) is 3. The summed E-state index contributed by atoms with van der Waals surface area (Å²) in [6, 6.07) is 0. The fourth-order valence-corrected chi connectivity index (χ4v) is 3.99. The molecule has 2 heterocycles. The molecular weight excluding hydrogens is 380 g/mol. The summed E-state index contributed by atoms with van der Waals surface area (Å²) in [5.74, 6) is 6.82. The second-order valence-electron chi connectivity index (χ2n) is 8.29. The average Bonchev–Trinajstić information content (AvgIpc) is 2.76. The van der Waals surface area contributed by atoms with Gasteiger partial charge in [0.2, 0.25) is 5.91 Å². The molecule has 170 valence electrons. The van der Waals surface area contributed by atoms with E-state index in [9.17, 15) is 9.59 Å². The molecule has 0 atom stereocenters. The summed E-state index contributed by atoms with van der Waals surface area (Å²) < 4.78 is 5.50. The summed E-state index contributed by atoms with van der Waals surface area (Å²) in [6.45, 7) is 14.2. The third kappa shape index (κ3) is 10.0. The predicted molar refractivity (Wildman–Crippen MR) is 119 cm³/mol. The first-order valence-corrected chi connectivity index (χ1v) is 11.6. The summed E-state index contributed by atoms with van der Waals surface area (Å²) >= 11 is 0. The summed E-state index contributed by atoms with van der Waals surface area (Å²) in [5, 5.41) is 2.74.